The summed E-state index contributed by atoms with van der Waals surface area (Å²) in [7, 11) is 0. The highest BCUT2D eigenvalue weighted by atomic mass is 16.4. The molecule has 0 radical (unpaired) electrons. The Morgan fingerprint density at radius 1 is 0.326 bits per heavy atom. The number of aliphatic carboxylic acids is 4. The maximum atomic E-state index is 13.8. The summed E-state index contributed by atoms with van der Waals surface area (Å²) in [5, 5.41) is 60.9. The predicted molar refractivity (Wildman–Crippen MR) is 309 cm³/mol. The van der Waals surface area contributed by atoms with E-state index in [1.165, 1.54) is 65.2 Å². The van der Waals surface area contributed by atoms with Gasteiger partial charge in [-0.15, -0.1) is 0 Å². The first-order chi connectivity index (χ1) is 40.4. The van der Waals surface area contributed by atoms with E-state index in [-0.39, 0.29) is 18.2 Å². The molecule has 0 bridgehead atoms. The van der Waals surface area contributed by atoms with Crippen molar-refractivity contribution in [1.29, 1.82) is 0 Å². The molecule has 0 spiro atoms. The van der Waals surface area contributed by atoms with Crippen LogP contribution in [0.4, 0.5) is 0 Å². The average molecular weight is 1230 g/mol. The fourth-order valence-corrected chi connectivity index (χ4v) is 8.43. The zero-order valence-electron chi connectivity index (χ0n) is 50.7. The fraction of sp³-hybridized carbons (Fsp3) is 0.732. The minimum atomic E-state index is -1.90. The first kappa shape index (κ1) is 78.0. The Kier molecular flexibility index (Phi) is 39.6. The molecule has 16 N–H and O–H groups in total. The lowest BCUT2D eigenvalue weighted by atomic mass is 9.99. The van der Waals surface area contributed by atoms with E-state index in [9.17, 15) is 92.3 Å². The highest BCUT2D eigenvalue weighted by Gasteiger charge is 2.35. The summed E-state index contributed by atoms with van der Waals surface area (Å²) in [6.45, 7) is 10.1. The lowest BCUT2D eigenvalue weighted by molar-refractivity contribution is -0.140. The molecule has 86 heavy (non-hydrogen) atoms. The minimum absolute atomic E-state index is 0.225. The number of carbonyl (C=O) groups is 15. The van der Waals surface area contributed by atoms with E-state index in [0.717, 1.165) is 25.7 Å². The van der Waals surface area contributed by atoms with Crippen LogP contribution in [-0.2, 0) is 71.9 Å². The number of primary amides is 1. The van der Waals surface area contributed by atoms with Gasteiger partial charge in [-0.05, 0) is 57.8 Å². The van der Waals surface area contributed by atoms with Crippen molar-refractivity contribution in [3.05, 3.63) is 0 Å². The van der Waals surface area contributed by atoms with Crippen molar-refractivity contribution >= 4 is 88.9 Å². The van der Waals surface area contributed by atoms with E-state index in [1.54, 1.807) is 27.7 Å². The van der Waals surface area contributed by atoms with Crippen molar-refractivity contribution in [2.75, 3.05) is 13.1 Å². The molecule has 0 aromatic carbocycles. The van der Waals surface area contributed by atoms with Crippen LogP contribution in [-0.4, -0.2) is 171 Å². The summed E-state index contributed by atoms with van der Waals surface area (Å²) in [5.74, 6) is -17.2. The van der Waals surface area contributed by atoms with Gasteiger partial charge >= 0.3 is 23.9 Å². The summed E-state index contributed by atoms with van der Waals surface area (Å²) in [6, 6.07) is -12.3. The van der Waals surface area contributed by atoms with Crippen LogP contribution < -0.4 is 58.9 Å². The molecule has 0 aromatic rings. The number of carboxylic acids is 4. The quantitative estimate of drug-likeness (QED) is 0.0353. The van der Waals surface area contributed by atoms with Gasteiger partial charge in [-0.1, -0.05) is 112 Å². The Bertz CT molecular complexity index is 2280. The molecule has 0 rings (SSSR count). The van der Waals surface area contributed by atoms with Crippen molar-refractivity contribution in [3.63, 3.8) is 0 Å². The number of carboxylic acid groups (broad SMARTS) is 4. The van der Waals surface area contributed by atoms with E-state index < -0.39 is 202 Å². The summed E-state index contributed by atoms with van der Waals surface area (Å²) in [6.07, 6.45) is 9.33. The monoisotopic (exact) mass is 1230 g/mol. The molecule has 488 valence electrons. The van der Waals surface area contributed by atoms with Gasteiger partial charge in [0.25, 0.3) is 0 Å². The number of rotatable bonds is 48. The molecule has 30 nitrogen and oxygen atoms in total. The highest BCUT2D eigenvalue weighted by molar-refractivity contribution is 5.99. The topological polar surface area (TPSA) is 483 Å². The molecule has 11 amide bonds. The van der Waals surface area contributed by atoms with Gasteiger partial charge in [0, 0.05) is 32.1 Å². The molecule has 1 unspecified atom stereocenters. The molecule has 0 aliphatic carbocycles. The lowest BCUT2D eigenvalue weighted by Crippen LogP contribution is -2.60. The first-order valence-electron chi connectivity index (χ1n) is 29.5. The van der Waals surface area contributed by atoms with Crippen LogP contribution in [0, 0.1) is 11.8 Å². The zero-order chi connectivity index (χ0) is 65.5. The van der Waals surface area contributed by atoms with Crippen LogP contribution >= 0.6 is 0 Å². The molecule has 0 heterocycles. The largest absolute Gasteiger partial charge is 0.481 e. The third kappa shape index (κ3) is 36.0. The molecule has 0 saturated carbocycles. The summed E-state index contributed by atoms with van der Waals surface area (Å²) >= 11 is 0. The molecule has 0 aliphatic rings. The number of nitrogens with two attached hydrogens (primary N) is 1. The lowest BCUT2D eigenvalue weighted by Gasteiger charge is -2.28. The van der Waals surface area contributed by atoms with Crippen LogP contribution in [0.2, 0.25) is 0 Å². The van der Waals surface area contributed by atoms with Crippen LogP contribution in [0.5, 0.6) is 0 Å². The molecular formula is C56H95N11O19. The van der Waals surface area contributed by atoms with Gasteiger partial charge in [-0.3, -0.25) is 71.9 Å². The summed E-state index contributed by atoms with van der Waals surface area (Å²) in [4.78, 5) is 191. The molecule has 8 atom stereocenters. The second-order valence-electron chi connectivity index (χ2n) is 21.9. The number of carbonyl (C=O) groups excluding carboxylic acids is 11. The van der Waals surface area contributed by atoms with Gasteiger partial charge in [0.05, 0.1) is 13.1 Å². The maximum Gasteiger partial charge on any atom is 0.303 e. The number of hydrogen-bond donors (Lipinski definition) is 15. The first-order valence-corrected chi connectivity index (χ1v) is 29.5. The Labute approximate surface area is 501 Å². The van der Waals surface area contributed by atoms with E-state index in [4.69, 9.17) is 5.73 Å². The Morgan fingerprint density at radius 3 is 1.00 bits per heavy atom. The SMILES string of the molecule is CCCCCCCCCCCCCCCC(=O)N[C@H](C(=O)N[C@H](C(=O)N[C@@H](C)C(=O)N[C@@H](C)C(=O)N[C@@H](CCC(=O)O)C(=O)N[C@@H](CCC(=O)O)C(=O)NC(CCC(=O)O)C(=O)N[C@@H](CCC(=O)O)C(=O)NCC(=O)NCC(N)=O)C(C)C)C(C)C. The van der Waals surface area contributed by atoms with Crippen molar-refractivity contribution in [2.45, 2.75) is 238 Å². The van der Waals surface area contributed by atoms with Crippen molar-refractivity contribution in [3.8, 4) is 0 Å². The van der Waals surface area contributed by atoms with Crippen molar-refractivity contribution in [2.24, 2.45) is 17.6 Å². The number of amides is 11. The third-order valence-electron chi connectivity index (χ3n) is 13.5. The molecule has 0 saturated heterocycles. The van der Waals surface area contributed by atoms with Crippen LogP contribution in [0.25, 0.3) is 0 Å². The molecule has 30 heteroatoms. The van der Waals surface area contributed by atoms with Gasteiger partial charge in [-0.2, -0.15) is 0 Å². The normalized spacial score (nSPS) is 13.8. The molecule has 0 aromatic heterocycles. The standard InChI is InChI=1S/C56H95N11O19/c1-8-9-10-11-12-13-14-15-16-17-18-19-20-21-41(69)66-47(32(2)3)56(86)67-48(33(4)5)55(85)61-34(6)49(79)60-35(7)50(80)62-37(23-27-44(73)74)52(82)64-39(25-29-46(77)78)54(84)65-38(24-28-45(75)76)53(83)63-36(22-26-43(71)72)51(81)59-31-42(70)58-30-40(57)68/h32-39,47-48H,8-31H2,1-7H3,(H2,57,68)(H,58,70)(H,59,81)(H,60,79)(H,61,85)(H,62,80)(H,63,83)(H,64,82)(H,65,84)(H,66,69)(H,67,86)(H,71,72)(H,73,74)(H,75,76)(H,77,78)/t34-,35-,36-,37-,38?,39-,47-,48-/m0/s1. The number of hydrogen-bond acceptors (Lipinski definition) is 15. The zero-order valence-corrected chi connectivity index (χ0v) is 50.7. The van der Waals surface area contributed by atoms with E-state index in [0.29, 0.717) is 6.42 Å². The second-order valence-corrected chi connectivity index (χ2v) is 21.9. The average Bonchev–Trinajstić information content (AvgIpc) is 3.07. The Hall–Kier alpha value is -7.95. The predicted octanol–water partition coefficient (Wildman–Crippen LogP) is -0.125. The fourth-order valence-electron chi connectivity index (χ4n) is 8.43. The van der Waals surface area contributed by atoms with Gasteiger partial charge in [-0.25, -0.2) is 0 Å². The van der Waals surface area contributed by atoms with Gasteiger partial charge in [0.2, 0.25) is 65.0 Å². The van der Waals surface area contributed by atoms with Gasteiger partial charge < -0.3 is 79.3 Å². The Balaban J connectivity index is 6.01. The highest BCUT2D eigenvalue weighted by Crippen LogP contribution is 2.15. The van der Waals surface area contributed by atoms with Crippen LogP contribution in [0.15, 0.2) is 0 Å². The van der Waals surface area contributed by atoms with E-state index in [2.05, 4.69) is 60.1 Å². The summed E-state index contributed by atoms with van der Waals surface area (Å²) < 4.78 is 0. The minimum Gasteiger partial charge on any atom is -0.481 e. The van der Waals surface area contributed by atoms with Gasteiger partial charge in [0.15, 0.2) is 0 Å². The van der Waals surface area contributed by atoms with Crippen LogP contribution in [0.3, 0.4) is 0 Å². The molecule has 0 fully saturated rings. The second kappa shape index (κ2) is 43.6. The van der Waals surface area contributed by atoms with E-state index in [1.807, 2.05) is 0 Å². The van der Waals surface area contributed by atoms with Gasteiger partial charge in [0.1, 0.15) is 48.3 Å². The smallest absolute Gasteiger partial charge is 0.303 e. The Morgan fingerprint density at radius 2 is 0.640 bits per heavy atom. The number of nitrogens with one attached hydrogen (secondary N) is 10. The maximum absolute atomic E-state index is 13.8. The third-order valence-corrected chi connectivity index (χ3v) is 13.5. The molecular weight excluding hydrogens is 1130 g/mol. The van der Waals surface area contributed by atoms with Crippen molar-refractivity contribution < 1.29 is 92.3 Å². The van der Waals surface area contributed by atoms with E-state index >= 15 is 0 Å². The summed E-state index contributed by atoms with van der Waals surface area (Å²) in [5.41, 5.74) is 4.97. The molecule has 0 aliphatic heterocycles. The number of unbranched alkanes of at least 4 members (excludes halogenated alkanes) is 12. The van der Waals surface area contributed by atoms with Crippen LogP contribution in [0.1, 0.15) is 190 Å². The van der Waals surface area contributed by atoms with Crippen molar-refractivity contribution in [1.82, 2.24) is 53.2 Å².